The third-order valence-corrected chi connectivity index (χ3v) is 4.49. The maximum Gasteiger partial charge on any atom is 0.317 e. The van der Waals surface area contributed by atoms with Crippen molar-refractivity contribution >= 4 is 6.03 Å². The van der Waals surface area contributed by atoms with Crippen molar-refractivity contribution in [2.24, 2.45) is 0 Å². The molecule has 0 aliphatic carbocycles. The lowest BCUT2D eigenvalue weighted by Crippen LogP contribution is -2.52. The van der Waals surface area contributed by atoms with Crippen LogP contribution in [0.25, 0.3) is 0 Å². The summed E-state index contributed by atoms with van der Waals surface area (Å²) in [5.74, 6) is 0. The van der Waals surface area contributed by atoms with Gasteiger partial charge in [-0.15, -0.1) is 0 Å². The van der Waals surface area contributed by atoms with E-state index >= 15 is 0 Å². The lowest BCUT2D eigenvalue weighted by Gasteiger charge is -2.38. The summed E-state index contributed by atoms with van der Waals surface area (Å²) in [4.78, 5) is 18.7. The van der Waals surface area contributed by atoms with Gasteiger partial charge in [0.1, 0.15) is 0 Å². The number of hydrogen-bond donors (Lipinski definition) is 1. The molecule has 1 aromatic rings. The Hall–Kier alpha value is -1.59. The van der Waals surface area contributed by atoms with Gasteiger partial charge in [0.25, 0.3) is 0 Å². The normalized spacial score (nSPS) is 17.3. The second-order valence-electron chi connectivity index (χ2n) is 6.50. The predicted octanol–water partition coefficient (Wildman–Crippen LogP) is 2.03. The van der Waals surface area contributed by atoms with E-state index in [9.17, 15) is 4.79 Å². The highest BCUT2D eigenvalue weighted by atomic mass is 16.2. The average Bonchev–Trinajstić information content (AvgIpc) is 2.58. The van der Waals surface area contributed by atoms with Crippen LogP contribution < -0.4 is 5.32 Å². The first kappa shape index (κ1) is 17.8. The SMILES string of the molecule is CC(c1ccccc1)N1CCN(C(=O)NCCCN(C)C)CC1. The first-order valence-electron chi connectivity index (χ1n) is 8.54. The molecule has 0 spiro atoms. The number of carbonyl (C=O) groups is 1. The van der Waals surface area contributed by atoms with E-state index in [4.69, 9.17) is 0 Å². The van der Waals surface area contributed by atoms with E-state index in [1.807, 2.05) is 4.90 Å². The zero-order chi connectivity index (χ0) is 16.7. The second kappa shape index (κ2) is 8.89. The van der Waals surface area contributed by atoms with Gasteiger partial charge in [0.05, 0.1) is 0 Å². The Kier molecular flexibility index (Phi) is 6.86. The number of carbonyl (C=O) groups excluding carboxylic acids is 1. The third-order valence-electron chi connectivity index (χ3n) is 4.49. The van der Waals surface area contributed by atoms with Crippen molar-refractivity contribution in [3.63, 3.8) is 0 Å². The fourth-order valence-electron chi connectivity index (χ4n) is 2.96. The first-order valence-corrected chi connectivity index (χ1v) is 8.54. The summed E-state index contributed by atoms with van der Waals surface area (Å²) in [5.41, 5.74) is 1.34. The summed E-state index contributed by atoms with van der Waals surface area (Å²) in [6.07, 6.45) is 0.990. The Morgan fingerprint density at radius 1 is 1.17 bits per heavy atom. The maximum atomic E-state index is 12.2. The van der Waals surface area contributed by atoms with Crippen molar-refractivity contribution in [2.45, 2.75) is 19.4 Å². The molecule has 0 bridgehead atoms. The van der Waals surface area contributed by atoms with Crippen LogP contribution in [0.1, 0.15) is 24.9 Å². The Labute approximate surface area is 140 Å². The van der Waals surface area contributed by atoms with Crippen LogP contribution in [-0.4, -0.2) is 74.1 Å². The Balaban J connectivity index is 1.72. The van der Waals surface area contributed by atoms with E-state index in [0.29, 0.717) is 6.04 Å². The highest BCUT2D eigenvalue weighted by Crippen LogP contribution is 2.21. The highest BCUT2D eigenvalue weighted by molar-refractivity contribution is 5.74. The molecule has 1 heterocycles. The summed E-state index contributed by atoms with van der Waals surface area (Å²) < 4.78 is 0. The van der Waals surface area contributed by atoms with E-state index < -0.39 is 0 Å². The molecule has 1 aliphatic heterocycles. The molecule has 0 saturated carbocycles. The average molecular weight is 318 g/mol. The first-order chi connectivity index (χ1) is 11.1. The number of piperazine rings is 1. The lowest BCUT2D eigenvalue weighted by molar-refractivity contribution is 0.114. The number of nitrogens with zero attached hydrogens (tertiary/aromatic N) is 3. The summed E-state index contributed by atoms with van der Waals surface area (Å²) in [7, 11) is 4.10. The van der Waals surface area contributed by atoms with Crippen LogP contribution in [0, 0.1) is 0 Å². The standard InChI is InChI=1S/C18H30N4O/c1-16(17-8-5-4-6-9-17)21-12-14-22(15-13-21)18(23)19-10-7-11-20(2)3/h4-6,8-9,16H,7,10-15H2,1-3H3,(H,19,23). The van der Waals surface area contributed by atoms with E-state index in [-0.39, 0.29) is 6.03 Å². The molecular weight excluding hydrogens is 288 g/mol. The second-order valence-corrected chi connectivity index (χ2v) is 6.50. The summed E-state index contributed by atoms with van der Waals surface area (Å²) in [5, 5.41) is 3.03. The number of nitrogens with one attached hydrogen (secondary N) is 1. The van der Waals surface area contributed by atoms with Gasteiger partial charge in [-0.05, 0) is 39.5 Å². The van der Waals surface area contributed by atoms with Crippen LogP contribution in [-0.2, 0) is 0 Å². The molecule has 2 rings (SSSR count). The predicted molar refractivity (Wildman–Crippen MR) is 94.6 cm³/mol. The topological polar surface area (TPSA) is 38.8 Å². The van der Waals surface area contributed by atoms with Gasteiger partial charge in [0.2, 0.25) is 0 Å². The van der Waals surface area contributed by atoms with Crippen molar-refractivity contribution in [3.8, 4) is 0 Å². The third kappa shape index (κ3) is 5.52. The molecule has 5 nitrogen and oxygen atoms in total. The molecule has 2 amide bonds. The van der Waals surface area contributed by atoms with Crippen molar-refractivity contribution in [2.75, 3.05) is 53.4 Å². The maximum absolute atomic E-state index is 12.2. The fraction of sp³-hybridized carbons (Fsp3) is 0.611. The van der Waals surface area contributed by atoms with Gasteiger partial charge in [0, 0.05) is 38.8 Å². The van der Waals surface area contributed by atoms with Crippen molar-refractivity contribution < 1.29 is 4.79 Å². The van der Waals surface area contributed by atoms with Gasteiger partial charge in [-0.25, -0.2) is 4.79 Å². The van der Waals surface area contributed by atoms with Gasteiger partial charge >= 0.3 is 6.03 Å². The van der Waals surface area contributed by atoms with Crippen molar-refractivity contribution in [3.05, 3.63) is 35.9 Å². The molecular formula is C18H30N4O. The molecule has 1 N–H and O–H groups in total. The molecule has 23 heavy (non-hydrogen) atoms. The number of amides is 2. The smallest absolute Gasteiger partial charge is 0.317 e. The van der Waals surface area contributed by atoms with Gasteiger partial charge in [-0.3, -0.25) is 4.90 Å². The monoisotopic (exact) mass is 318 g/mol. The van der Waals surface area contributed by atoms with Gasteiger partial charge in [0.15, 0.2) is 0 Å². The minimum absolute atomic E-state index is 0.0794. The van der Waals surface area contributed by atoms with Crippen LogP contribution in [0.4, 0.5) is 4.79 Å². The van der Waals surface area contributed by atoms with E-state index in [2.05, 4.69) is 66.5 Å². The molecule has 0 aromatic heterocycles. The highest BCUT2D eigenvalue weighted by Gasteiger charge is 2.24. The Bertz CT molecular complexity index is 469. The molecule has 0 radical (unpaired) electrons. The lowest BCUT2D eigenvalue weighted by atomic mass is 10.1. The van der Waals surface area contributed by atoms with Crippen LogP contribution in [0.2, 0.25) is 0 Å². The van der Waals surface area contributed by atoms with Gasteiger partial charge < -0.3 is 15.1 Å². The fourth-order valence-corrected chi connectivity index (χ4v) is 2.96. The molecule has 1 aromatic carbocycles. The summed E-state index contributed by atoms with van der Waals surface area (Å²) >= 11 is 0. The Morgan fingerprint density at radius 3 is 2.43 bits per heavy atom. The molecule has 1 aliphatic rings. The summed E-state index contributed by atoms with van der Waals surface area (Å²) in [6.45, 7) is 7.46. The quantitative estimate of drug-likeness (QED) is 0.816. The zero-order valence-corrected chi connectivity index (χ0v) is 14.7. The molecule has 128 valence electrons. The number of hydrogen-bond acceptors (Lipinski definition) is 3. The number of rotatable bonds is 6. The molecule has 1 unspecified atom stereocenters. The van der Waals surface area contributed by atoms with Gasteiger partial charge in [-0.1, -0.05) is 30.3 Å². The van der Waals surface area contributed by atoms with E-state index in [1.54, 1.807) is 0 Å². The minimum atomic E-state index is 0.0794. The largest absolute Gasteiger partial charge is 0.338 e. The molecule has 1 saturated heterocycles. The van der Waals surface area contributed by atoms with E-state index in [1.165, 1.54) is 5.56 Å². The number of urea groups is 1. The zero-order valence-electron chi connectivity index (χ0n) is 14.7. The van der Waals surface area contributed by atoms with E-state index in [0.717, 1.165) is 45.7 Å². The van der Waals surface area contributed by atoms with Gasteiger partial charge in [-0.2, -0.15) is 0 Å². The van der Waals surface area contributed by atoms with Crippen LogP contribution in [0.5, 0.6) is 0 Å². The molecule has 1 atom stereocenters. The van der Waals surface area contributed by atoms with Crippen LogP contribution in [0.15, 0.2) is 30.3 Å². The summed E-state index contributed by atoms with van der Waals surface area (Å²) in [6, 6.07) is 11.1. The van der Waals surface area contributed by atoms with Crippen molar-refractivity contribution in [1.82, 2.24) is 20.0 Å². The van der Waals surface area contributed by atoms with Crippen LogP contribution in [0.3, 0.4) is 0 Å². The Morgan fingerprint density at radius 2 is 1.83 bits per heavy atom. The molecule has 1 fully saturated rings. The number of benzene rings is 1. The van der Waals surface area contributed by atoms with Crippen LogP contribution >= 0.6 is 0 Å². The molecule has 5 heteroatoms. The minimum Gasteiger partial charge on any atom is -0.338 e. The van der Waals surface area contributed by atoms with Crippen molar-refractivity contribution in [1.29, 1.82) is 0 Å².